The number of ether oxygens (including phenoxy) is 2. The van der Waals surface area contributed by atoms with E-state index in [-0.39, 0.29) is 18.3 Å². The molecular weight excluding hydrogens is 504 g/mol. The summed E-state index contributed by atoms with van der Waals surface area (Å²) in [6, 6.07) is 0. The second-order valence-electron chi connectivity index (χ2n) is 10.9. The van der Waals surface area contributed by atoms with Gasteiger partial charge < -0.3 is 35.0 Å². The molecule has 0 aromatic heterocycles. The van der Waals surface area contributed by atoms with Gasteiger partial charge in [0, 0.05) is 18.8 Å². The zero-order valence-corrected chi connectivity index (χ0v) is 24.2. The molecule has 0 aromatic rings. The maximum atomic E-state index is 12.5. The molecule has 9 heteroatoms. The molecular formula is C30H48O9. The first kappa shape index (κ1) is 34.7. The fourth-order valence-electron chi connectivity index (χ4n) is 4.39. The first-order valence-electron chi connectivity index (χ1n) is 13.6. The molecule has 0 bridgehead atoms. The van der Waals surface area contributed by atoms with Gasteiger partial charge in [-0.2, -0.15) is 0 Å². The molecule has 0 aliphatic carbocycles. The predicted octanol–water partition coefficient (Wildman–Crippen LogP) is 2.75. The fourth-order valence-corrected chi connectivity index (χ4v) is 4.39. The minimum absolute atomic E-state index is 0.0884. The van der Waals surface area contributed by atoms with E-state index in [2.05, 4.69) is 0 Å². The van der Waals surface area contributed by atoms with Gasteiger partial charge in [-0.05, 0) is 44.3 Å². The Hall–Kier alpha value is -2.30. The summed E-state index contributed by atoms with van der Waals surface area (Å²) in [5, 5.41) is 51.8. The normalized spacial score (nSPS) is 31.0. The molecule has 1 aliphatic heterocycles. The van der Waals surface area contributed by atoms with Crippen LogP contribution in [0.2, 0.25) is 0 Å². The van der Waals surface area contributed by atoms with Crippen LogP contribution in [-0.2, 0) is 19.1 Å². The van der Waals surface area contributed by atoms with Crippen molar-refractivity contribution in [2.45, 2.75) is 110 Å². The Balaban J connectivity index is 3.09. The van der Waals surface area contributed by atoms with Gasteiger partial charge in [0.15, 0.2) is 6.10 Å². The van der Waals surface area contributed by atoms with Crippen molar-refractivity contribution in [2.75, 3.05) is 0 Å². The maximum absolute atomic E-state index is 12.5. The Morgan fingerprint density at radius 1 is 1.18 bits per heavy atom. The lowest BCUT2D eigenvalue weighted by Gasteiger charge is -2.29. The summed E-state index contributed by atoms with van der Waals surface area (Å²) in [7, 11) is 0. The molecule has 39 heavy (non-hydrogen) atoms. The molecule has 222 valence electrons. The number of hydrogen-bond acceptors (Lipinski definition) is 9. The van der Waals surface area contributed by atoms with Gasteiger partial charge in [0.05, 0.1) is 30.8 Å². The van der Waals surface area contributed by atoms with Gasteiger partial charge in [0.2, 0.25) is 0 Å². The number of esters is 2. The molecule has 5 N–H and O–H groups in total. The molecule has 9 nitrogen and oxygen atoms in total. The van der Waals surface area contributed by atoms with E-state index in [0.717, 1.165) is 0 Å². The number of cyclic esters (lactones) is 1. The average Bonchev–Trinajstić information content (AvgIpc) is 2.85. The van der Waals surface area contributed by atoms with E-state index >= 15 is 0 Å². The molecule has 1 aliphatic rings. The Morgan fingerprint density at radius 3 is 2.41 bits per heavy atom. The molecule has 0 amide bonds. The highest BCUT2D eigenvalue weighted by atomic mass is 16.6. The van der Waals surface area contributed by atoms with Crippen LogP contribution in [0.4, 0.5) is 0 Å². The van der Waals surface area contributed by atoms with Gasteiger partial charge in [0.25, 0.3) is 0 Å². The Kier molecular flexibility index (Phi) is 14.3. The van der Waals surface area contributed by atoms with Crippen LogP contribution >= 0.6 is 0 Å². The lowest BCUT2D eigenvalue weighted by molar-refractivity contribution is -0.152. The number of rotatable bonds is 10. The van der Waals surface area contributed by atoms with Crippen LogP contribution in [0.3, 0.4) is 0 Å². The van der Waals surface area contributed by atoms with Gasteiger partial charge in [0.1, 0.15) is 11.7 Å². The standard InChI is InChI=1S/C30H48O9/c1-8-24(33)21(5)28(36)25(34)16-18(2)10-9-11-19(3)29-20(4)12-13-26(38-22(6)31)30(7,37)15-14-23(32)17-27(35)39-29/h9-15,18,20-21,23-26,28-29,32-34,36-37H,8,16-17H2,1-7H3. The van der Waals surface area contributed by atoms with Crippen LogP contribution in [0.1, 0.15) is 67.7 Å². The van der Waals surface area contributed by atoms with Crippen LogP contribution < -0.4 is 0 Å². The summed E-state index contributed by atoms with van der Waals surface area (Å²) in [5.41, 5.74) is -0.905. The Bertz CT molecular complexity index is 904. The van der Waals surface area contributed by atoms with Crippen molar-refractivity contribution < 1.29 is 44.6 Å². The third-order valence-corrected chi connectivity index (χ3v) is 7.04. The van der Waals surface area contributed by atoms with E-state index in [1.807, 2.05) is 26.8 Å². The topological polar surface area (TPSA) is 154 Å². The minimum Gasteiger partial charge on any atom is -0.457 e. The molecule has 1 heterocycles. The number of hydrogen-bond donors (Lipinski definition) is 5. The van der Waals surface area contributed by atoms with E-state index in [0.29, 0.717) is 18.4 Å². The van der Waals surface area contributed by atoms with E-state index in [4.69, 9.17) is 9.47 Å². The lowest BCUT2D eigenvalue weighted by Crippen LogP contribution is -2.40. The van der Waals surface area contributed by atoms with Crippen molar-refractivity contribution in [3.8, 4) is 0 Å². The SMILES string of the molecule is CCC(O)C(C)C(O)C(O)CC(C)C=CC=C(C)C1OC(=O)CC(O)C=CC(C)(O)C(OC(C)=O)C=CC1C. The minimum atomic E-state index is -1.62. The quantitative estimate of drug-likeness (QED) is 0.156. The van der Waals surface area contributed by atoms with E-state index in [1.165, 1.54) is 26.0 Å². The molecule has 10 unspecified atom stereocenters. The largest absolute Gasteiger partial charge is 0.457 e. The summed E-state index contributed by atoms with van der Waals surface area (Å²) in [6.45, 7) is 11.7. The number of aliphatic hydroxyl groups is 5. The fraction of sp³-hybridized carbons (Fsp3) is 0.667. The first-order chi connectivity index (χ1) is 18.1. The highest BCUT2D eigenvalue weighted by Gasteiger charge is 2.32. The van der Waals surface area contributed by atoms with Gasteiger partial charge in [-0.1, -0.05) is 64.2 Å². The van der Waals surface area contributed by atoms with Gasteiger partial charge >= 0.3 is 11.9 Å². The maximum Gasteiger partial charge on any atom is 0.309 e. The zero-order chi connectivity index (χ0) is 29.9. The number of carbonyl (C=O) groups is 2. The van der Waals surface area contributed by atoms with Crippen molar-refractivity contribution in [3.05, 3.63) is 48.1 Å². The second-order valence-corrected chi connectivity index (χ2v) is 10.9. The first-order valence-corrected chi connectivity index (χ1v) is 13.6. The van der Waals surface area contributed by atoms with Crippen LogP contribution in [0.25, 0.3) is 0 Å². The second kappa shape index (κ2) is 16.1. The summed E-state index contributed by atoms with van der Waals surface area (Å²) < 4.78 is 11.0. The molecule has 0 aromatic carbocycles. The third-order valence-electron chi connectivity index (χ3n) is 7.04. The van der Waals surface area contributed by atoms with Crippen molar-refractivity contribution in [2.24, 2.45) is 17.8 Å². The highest BCUT2D eigenvalue weighted by Crippen LogP contribution is 2.25. The van der Waals surface area contributed by atoms with Crippen molar-refractivity contribution in [3.63, 3.8) is 0 Å². The Morgan fingerprint density at radius 2 is 1.82 bits per heavy atom. The molecule has 0 fully saturated rings. The van der Waals surface area contributed by atoms with E-state index < -0.39 is 60.1 Å². The molecule has 0 spiro atoms. The number of allylic oxidation sites excluding steroid dienone is 3. The lowest BCUT2D eigenvalue weighted by atomic mass is 9.88. The van der Waals surface area contributed by atoms with Gasteiger partial charge in [-0.25, -0.2) is 0 Å². The smallest absolute Gasteiger partial charge is 0.309 e. The molecule has 10 atom stereocenters. The van der Waals surface area contributed by atoms with E-state index in [1.54, 1.807) is 38.2 Å². The molecule has 1 rings (SSSR count). The van der Waals surface area contributed by atoms with Crippen LogP contribution in [0.15, 0.2) is 48.1 Å². The Labute approximate surface area is 232 Å². The molecule has 0 radical (unpaired) electrons. The summed E-state index contributed by atoms with van der Waals surface area (Å²) >= 11 is 0. The van der Waals surface area contributed by atoms with Crippen LogP contribution in [0, 0.1) is 17.8 Å². The van der Waals surface area contributed by atoms with Crippen LogP contribution in [-0.4, -0.2) is 79.7 Å². The van der Waals surface area contributed by atoms with Gasteiger partial charge in [-0.15, -0.1) is 0 Å². The van der Waals surface area contributed by atoms with Crippen molar-refractivity contribution in [1.29, 1.82) is 0 Å². The van der Waals surface area contributed by atoms with E-state index in [9.17, 15) is 35.1 Å². The summed E-state index contributed by atoms with van der Waals surface area (Å²) in [5.74, 6) is -2.10. The van der Waals surface area contributed by atoms with Crippen molar-refractivity contribution in [1.82, 2.24) is 0 Å². The summed E-state index contributed by atoms with van der Waals surface area (Å²) in [6.07, 6.45) is 6.07. The molecule has 0 saturated carbocycles. The monoisotopic (exact) mass is 552 g/mol. The van der Waals surface area contributed by atoms with Crippen LogP contribution in [0.5, 0.6) is 0 Å². The zero-order valence-electron chi connectivity index (χ0n) is 24.2. The summed E-state index contributed by atoms with van der Waals surface area (Å²) in [4.78, 5) is 24.2. The van der Waals surface area contributed by atoms with Crippen molar-refractivity contribution >= 4 is 11.9 Å². The molecule has 0 saturated heterocycles. The predicted molar refractivity (Wildman–Crippen MR) is 148 cm³/mol. The third kappa shape index (κ3) is 11.8. The number of carbonyl (C=O) groups excluding carboxylic acids is 2. The number of aliphatic hydroxyl groups excluding tert-OH is 4. The highest BCUT2D eigenvalue weighted by molar-refractivity contribution is 5.71. The van der Waals surface area contributed by atoms with Gasteiger partial charge in [-0.3, -0.25) is 9.59 Å². The average molecular weight is 553 g/mol.